The van der Waals surface area contributed by atoms with Crippen LogP contribution in [0.3, 0.4) is 0 Å². The van der Waals surface area contributed by atoms with Crippen LogP contribution < -0.4 is 4.72 Å². The van der Waals surface area contributed by atoms with Gasteiger partial charge in [0, 0.05) is 6.20 Å². The lowest BCUT2D eigenvalue weighted by Gasteiger charge is -2.16. The number of sulfonamides is 1. The summed E-state index contributed by atoms with van der Waals surface area (Å²) in [7, 11) is -3.67. The van der Waals surface area contributed by atoms with Gasteiger partial charge in [-0.2, -0.15) is 0 Å². The highest BCUT2D eigenvalue weighted by Crippen LogP contribution is 2.21. The lowest BCUT2D eigenvalue weighted by Crippen LogP contribution is -2.28. The molecule has 2 rings (SSSR count). The van der Waals surface area contributed by atoms with Crippen molar-refractivity contribution < 1.29 is 13.5 Å². The third kappa shape index (κ3) is 3.47. The molecule has 1 aromatic carbocycles. The zero-order chi connectivity index (χ0) is 15.5. The largest absolute Gasteiger partial charge is 0.392 e. The third-order valence-corrected chi connectivity index (χ3v) is 5.00. The Balaban J connectivity index is 2.31. The number of aromatic nitrogens is 1. The van der Waals surface area contributed by atoms with Gasteiger partial charge < -0.3 is 5.11 Å². The molecule has 0 bridgehead atoms. The lowest BCUT2D eigenvalue weighted by atomic mass is 10.1. The highest BCUT2D eigenvalue weighted by molar-refractivity contribution is 7.89. The van der Waals surface area contributed by atoms with Gasteiger partial charge in [-0.3, -0.25) is 4.98 Å². The van der Waals surface area contributed by atoms with Crippen molar-refractivity contribution >= 4 is 10.0 Å². The molecule has 1 atom stereocenters. The normalized spacial score (nSPS) is 13.1. The van der Waals surface area contributed by atoms with Crippen LogP contribution in [0, 0.1) is 6.92 Å². The standard InChI is InChI=1S/C15H18N2O3S/c1-11-13(10-18)6-5-8-15(11)21(19,20)17-12(2)14-7-3-4-9-16-14/h3-9,12,17-18H,10H2,1-2H3. The van der Waals surface area contributed by atoms with Gasteiger partial charge in [0.05, 0.1) is 23.2 Å². The summed E-state index contributed by atoms with van der Waals surface area (Å²) >= 11 is 0. The predicted molar refractivity (Wildman–Crippen MR) is 80.1 cm³/mol. The molecular formula is C15H18N2O3S. The summed E-state index contributed by atoms with van der Waals surface area (Å²) in [5, 5.41) is 9.24. The molecule has 112 valence electrons. The van der Waals surface area contributed by atoms with Crippen molar-refractivity contribution in [3.05, 3.63) is 59.4 Å². The van der Waals surface area contributed by atoms with E-state index in [9.17, 15) is 13.5 Å². The van der Waals surface area contributed by atoms with Crippen molar-refractivity contribution in [1.82, 2.24) is 9.71 Å². The van der Waals surface area contributed by atoms with Crippen LogP contribution in [-0.2, 0) is 16.6 Å². The first-order valence-corrected chi connectivity index (χ1v) is 8.06. The minimum Gasteiger partial charge on any atom is -0.392 e. The Morgan fingerprint density at radius 1 is 1.24 bits per heavy atom. The molecule has 0 radical (unpaired) electrons. The Bertz CT molecular complexity index is 715. The number of pyridine rings is 1. The SMILES string of the molecule is Cc1c(CO)cccc1S(=O)(=O)NC(C)c1ccccn1. The number of hydrogen-bond acceptors (Lipinski definition) is 4. The summed E-state index contributed by atoms with van der Waals surface area (Å²) in [6, 6.07) is 9.78. The molecular weight excluding hydrogens is 288 g/mol. The van der Waals surface area contributed by atoms with Crippen molar-refractivity contribution in [3.63, 3.8) is 0 Å². The van der Waals surface area contributed by atoms with Crippen molar-refractivity contribution in [3.8, 4) is 0 Å². The Morgan fingerprint density at radius 2 is 2.00 bits per heavy atom. The van der Waals surface area contributed by atoms with Crippen LogP contribution >= 0.6 is 0 Å². The number of nitrogens with zero attached hydrogens (tertiary/aromatic N) is 1. The fraction of sp³-hybridized carbons (Fsp3) is 0.267. The van der Waals surface area contributed by atoms with E-state index in [1.807, 2.05) is 6.07 Å². The molecule has 1 aromatic heterocycles. The second-order valence-electron chi connectivity index (χ2n) is 4.80. The molecule has 1 heterocycles. The first-order valence-electron chi connectivity index (χ1n) is 6.58. The van der Waals surface area contributed by atoms with Gasteiger partial charge in [-0.15, -0.1) is 0 Å². The molecule has 0 spiro atoms. The van der Waals surface area contributed by atoms with E-state index in [1.165, 1.54) is 6.07 Å². The molecule has 6 heteroatoms. The molecule has 0 aliphatic carbocycles. The first-order chi connectivity index (χ1) is 9.95. The molecule has 21 heavy (non-hydrogen) atoms. The lowest BCUT2D eigenvalue weighted by molar-refractivity contribution is 0.280. The summed E-state index contributed by atoms with van der Waals surface area (Å²) in [5.41, 5.74) is 1.81. The zero-order valence-corrected chi connectivity index (χ0v) is 12.8. The van der Waals surface area contributed by atoms with Crippen LogP contribution in [0.1, 0.15) is 29.8 Å². The molecule has 0 amide bonds. The maximum absolute atomic E-state index is 12.5. The van der Waals surface area contributed by atoms with Crippen LogP contribution in [0.4, 0.5) is 0 Å². The van der Waals surface area contributed by atoms with Crippen LogP contribution in [0.25, 0.3) is 0 Å². The Hall–Kier alpha value is -1.76. The van der Waals surface area contributed by atoms with Crippen LogP contribution in [0.15, 0.2) is 47.5 Å². The minimum absolute atomic E-state index is 0.178. The molecule has 0 fully saturated rings. The quantitative estimate of drug-likeness (QED) is 0.884. The van der Waals surface area contributed by atoms with Gasteiger partial charge in [-0.1, -0.05) is 18.2 Å². The number of benzene rings is 1. The average Bonchev–Trinajstić information content (AvgIpc) is 2.47. The van der Waals surface area contributed by atoms with Gasteiger partial charge in [-0.25, -0.2) is 13.1 Å². The number of hydrogen-bond donors (Lipinski definition) is 2. The van der Waals surface area contributed by atoms with Gasteiger partial charge in [0.25, 0.3) is 0 Å². The molecule has 2 N–H and O–H groups in total. The van der Waals surface area contributed by atoms with E-state index >= 15 is 0 Å². The van der Waals surface area contributed by atoms with E-state index < -0.39 is 16.1 Å². The summed E-state index contributed by atoms with van der Waals surface area (Å²) in [6.07, 6.45) is 1.62. The van der Waals surface area contributed by atoms with E-state index in [2.05, 4.69) is 9.71 Å². The smallest absolute Gasteiger partial charge is 0.241 e. The van der Waals surface area contributed by atoms with E-state index in [1.54, 1.807) is 44.3 Å². The maximum atomic E-state index is 12.5. The first kappa shape index (κ1) is 15.6. The molecule has 2 aromatic rings. The minimum atomic E-state index is -3.67. The van der Waals surface area contributed by atoms with Crippen molar-refractivity contribution in [2.24, 2.45) is 0 Å². The second kappa shape index (κ2) is 6.34. The van der Waals surface area contributed by atoms with Gasteiger partial charge in [-0.05, 0) is 43.2 Å². The summed E-state index contributed by atoms with van der Waals surface area (Å²) in [4.78, 5) is 4.32. The fourth-order valence-electron chi connectivity index (χ4n) is 2.11. The number of nitrogens with one attached hydrogen (secondary N) is 1. The average molecular weight is 306 g/mol. The van der Waals surface area contributed by atoms with E-state index in [0.717, 1.165) is 0 Å². The summed E-state index contributed by atoms with van der Waals surface area (Å²) in [5.74, 6) is 0. The van der Waals surface area contributed by atoms with Gasteiger partial charge in [0.1, 0.15) is 0 Å². The molecule has 0 saturated carbocycles. The van der Waals surface area contributed by atoms with Crippen LogP contribution in [0.5, 0.6) is 0 Å². The third-order valence-electron chi connectivity index (χ3n) is 3.32. The van der Waals surface area contributed by atoms with E-state index in [4.69, 9.17) is 0 Å². The molecule has 0 aliphatic rings. The van der Waals surface area contributed by atoms with Crippen LogP contribution in [-0.4, -0.2) is 18.5 Å². The van der Waals surface area contributed by atoms with Crippen molar-refractivity contribution in [1.29, 1.82) is 0 Å². The van der Waals surface area contributed by atoms with E-state index in [-0.39, 0.29) is 11.5 Å². The molecule has 0 aliphatic heterocycles. The molecule has 1 unspecified atom stereocenters. The fourth-order valence-corrected chi connectivity index (χ4v) is 3.62. The zero-order valence-electron chi connectivity index (χ0n) is 11.9. The van der Waals surface area contributed by atoms with Crippen molar-refractivity contribution in [2.75, 3.05) is 0 Å². The van der Waals surface area contributed by atoms with Crippen LogP contribution in [0.2, 0.25) is 0 Å². The highest BCUT2D eigenvalue weighted by atomic mass is 32.2. The Labute approximate surface area is 124 Å². The van der Waals surface area contributed by atoms with Gasteiger partial charge in [0.15, 0.2) is 0 Å². The predicted octanol–water partition coefficient (Wildman–Crippen LogP) is 1.92. The van der Waals surface area contributed by atoms with Crippen molar-refractivity contribution in [2.45, 2.75) is 31.4 Å². The van der Waals surface area contributed by atoms with Gasteiger partial charge in [0.2, 0.25) is 10.0 Å². The number of aliphatic hydroxyl groups excluding tert-OH is 1. The molecule has 0 saturated heterocycles. The Kier molecular flexibility index (Phi) is 4.72. The topological polar surface area (TPSA) is 79.3 Å². The second-order valence-corrected chi connectivity index (χ2v) is 6.48. The van der Waals surface area contributed by atoms with E-state index in [0.29, 0.717) is 16.8 Å². The Morgan fingerprint density at radius 3 is 2.62 bits per heavy atom. The number of aliphatic hydroxyl groups is 1. The highest BCUT2D eigenvalue weighted by Gasteiger charge is 2.21. The molecule has 5 nitrogen and oxygen atoms in total. The monoisotopic (exact) mass is 306 g/mol. The van der Waals surface area contributed by atoms with Gasteiger partial charge >= 0.3 is 0 Å². The number of rotatable bonds is 5. The maximum Gasteiger partial charge on any atom is 0.241 e. The summed E-state index contributed by atoms with van der Waals surface area (Å²) in [6.45, 7) is 3.24. The summed E-state index contributed by atoms with van der Waals surface area (Å²) < 4.78 is 27.6.